The summed E-state index contributed by atoms with van der Waals surface area (Å²) in [5, 5.41) is 5.38. The molecular weight excluding hydrogens is 126 g/mol. The summed E-state index contributed by atoms with van der Waals surface area (Å²) in [5.74, 6) is 4.55. The molecule has 0 bridgehead atoms. The van der Waals surface area contributed by atoms with Crippen LogP contribution in [0.2, 0.25) is 0 Å². The van der Waals surface area contributed by atoms with Gasteiger partial charge in [-0.25, -0.2) is 15.4 Å². The van der Waals surface area contributed by atoms with Crippen LogP contribution >= 0.6 is 0 Å². The van der Waals surface area contributed by atoms with Gasteiger partial charge in [0.15, 0.2) is 0 Å². The largest absolute Gasteiger partial charge is 0.373 e. The van der Waals surface area contributed by atoms with Crippen LogP contribution in [0, 0.1) is 0 Å². The van der Waals surface area contributed by atoms with Crippen molar-refractivity contribution in [1.29, 1.82) is 0 Å². The van der Waals surface area contributed by atoms with Gasteiger partial charge in [0, 0.05) is 0 Å². The second-order valence-electron chi connectivity index (χ2n) is 0.988. The molecule has 9 heavy (non-hydrogen) atoms. The molecule has 0 heterocycles. The maximum atomic E-state index is 10.0. The first kappa shape index (κ1) is 7.50. The SMILES string of the molecule is NNC(=O)N=NC(N)=O. The third-order valence-electron chi connectivity index (χ3n) is 0.363. The molecule has 0 saturated heterocycles. The second-order valence-corrected chi connectivity index (χ2v) is 0.988. The Labute approximate surface area is 50.1 Å². The molecule has 0 rings (SSSR count). The molecule has 0 fully saturated rings. The molecule has 7 nitrogen and oxygen atoms in total. The molecule has 0 aliphatic carbocycles. The van der Waals surface area contributed by atoms with Gasteiger partial charge in [-0.2, -0.15) is 0 Å². The first-order valence-corrected chi connectivity index (χ1v) is 1.88. The predicted octanol–water partition coefficient (Wildman–Crippen LogP) is -0.899. The highest BCUT2D eigenvalue weighted by molar-refractivity contribution is 5.78. The lowest BCUT2D eigenvalue weighted by atomic mass is 11.1. The lowest BCUT2D eigenvalue weighted by Crippen LogP contribution is -2.26. The molecule has 0 aliphatic rings. The van der Waals surface area contributed by atoms with Gasteiger partial charge in [-0.15, -0.1) is 0 Å². The zero-order valence-corrected chi connectivity index (χ0v) is 4.37. The highest BCUT2D eigenvalue weighted by Crippen LogP contribution is 1.74. The first-order valence-electron chi connectivity index (χ1n) is 1.88. The van der Waals surface area contributed by atoms with Gasteiger partial charge < -0.3 is 5.73 Å². The van der Waals surface area contributed by atoms with E-state index >= 15 is 0 Å². The smallest absolute Gasteiger partial charge is 0.348 e. The Morgan fingerprint density at radius 2 is 1.89 bits per heavy atom. The summed E-state index contributed by atoms with van der Waals surface area (Å²) in [6.07, 6.45) is 0. The van der Waals surface area contributed by atoms with E-state index < -0.39 is 12.1 Å². The summed E-state index contributed by atoms with van der Waals surface area (Å²) in [6, 6.07) is -1.97. The maximum absolute atomic E-state index is 10.0. The van der Waals surface area contributed by atoms with Crippen molar-refractivity contribution in [3.8, 4) is 0 Å². The number of carbonyl (C=O) groups is 2. The zero-order chi connectivity index (χ0) is 7.28. The van der Waals surface area contributed by atoms with Crippen LogP contribution in [-0.4, -0.2) is 12.1 Å². The van der Waals surface area contributed by atoms with Crippen molar-refractivity contribution in [1.82, 2.24) is 5.43 Å². The average molecular weight is 131 g/mol. The van der Waals surface area contributed by atoms with Gasteiger partial charge in [-0.1, -0.05) is 10.2 Å². The predicted molar refractivity (Wildman–Crippen MR) is 27.2 cm³/mol. The summed E-state index contributed by atoms with van der Waals surface area (Å²) in [6.45, 7) is 0. The third-order valence-corrected chi connectivity index (χ3v) is 0.363. The Morgan fingerprint density at radius 1 is 1.33 bits per heavy atom. The van der Waals surface area contributed by atoms with Crippen molar-refractivity contribution in [3.05, 3.63) is 0 Å². The van der Waals surface area contributed by atoms with Crippen molar-refractivity contribution >= 4 is 12.1 Å². The molecular formula is C2H5N5O2. The molecule has 7 heteroatoms. The van der Waals surface area contributed by atoms with Gasteiger partial charge in [-0.3, -0.25) is 5.43 Å². The number of nitrogens with zero attached hydrogens (tertiary/aromatic N) is 2. The van der Waals surface area contributed by atoms with Gasteiger partial charge in [0.1, 0.15) is 0 Å². The molecule has 0 aromatic rings. The molecule has 5 N–H and O–H groups in total. The van der Waals surface area contributed by atoms with Gasteiger partial charge >= 0.3 is 12.1 Å². The van der Waals surface area contributed by atoms with Gasteiger partial charge in [0.05, 0.1) is 0 Å². The van der Waals surface area contributed by atoms with Crippen molar-refractivity contribution in [2.45, 2.75) is 0 Å². The monoisotopic (exact) mass is 131 g/mol. The summed E-state index contributed by atoms with van der Waals surface area (Å²) < 4.78 is 0. The van der Waals surface area contributed by atoms with Crippen molar-refractivity contribution in [2.75, 3.05) is 0 Å². The molecule has 0 aliphatic heterocycles. The second kappa shape index (κ2) is 3.50. The van der Waals surface area contributed by atoms with E-state index in [1.165, 1.54) is 0 Å². The van der Waals surface area contributed by atoms with Crippen molar-refractivity contribution in [3.63, 3.8) is 0 Å². The Kier molecular flexibility index (Phi) is 2.91. The minimum atomic E-state index is -1.04. The lowest BCUT2D eigenvalue weighted by molar-refractivity contribution is 0.244. The van der Waals surface area contributed by atoms with E-state index in [0.29, 0.717) is 0 Å². The van der Waals surface area contributed by atoms with Crippen LogP contribution in [0.1, 0.15) is 0 Å². The van der Waals surface area contributed by atoms with E-state index in [1.54, 1.807) is 5.43 Å². The molecule has 0 saturated carbocycles. The fraction of sp³-hybridized carbons (Fsp3) is 0. The number of hydrogen-bond acceptors (Lipinski definition) is 3. The van der Waals surface area contributed by atoms with E-state index in [9.17, 15) is 9.59 Å². The number of hydrazine groups is 1. The van der Waals surface area contributed by atoms with Gasteiger partial charge in [-0.05, 0) is 0 Å². The molecule has 0 unspecified atom stereocenters. The number of primary amides is 1. The molecule has 0 aromatic heterocycles. The number of nitrogens with two attached hydrogens (primary N) is 2. The summed E-state index contributed by atoms with van der Waals surface area (Å²) in [5.41, 5.74) is 6.09. The quantitative estimate of drug-likeness (QED) is 0.171. The maximum Gasteiger partial charge on any atom is 0.373 e. The minimum absolute atomic E-state index is 0.922. The van der Waals surface area contributed by atoms with Crippen LogP contribution in [0.4, 0.5) is 9.59 Å². The van der Waals surface area contributed by atoms with E-state index in [4.69, 9.17) is 0 Å². The lowest BCUT2D eigenvalue weighted by Gasteiger charge is -1.84. The normalized spacial score (nSPS) is 9.44. The van der Waals surface area contributed by atoms with E-state index in [0.717, 1.165) is 0 Å². The molecule has 4 amide bonds. The number of carbonyl (C=O) groups excluding carboxylic acids is 2. The molecule has 0 atom stereocenters. The van der Waals surface area contributed by atoms with E-state index in [-0.39, 0.29) is 0 Å². The van der Waals surface area contributed by atoms with Crippen molar-refractivity contribution in [2.24, 2.45) is 21.8 Å². The third kappa shape index (κ3) is 4.35. The number of rotatable bonds is 0. The number of nitrogens with one attached hydrogen (secondary N) is 1. The van der Waals surface area contributed by atoms with Crippen LogP contribution in [0.3, 0.4) is 0 Å². The fourth-order valence-electron chi connectivity index (χ4n) is 0.124. The number of azo groups is 1. The fourth-order valence-corrected chi connectivity index (χ4v) is 0.124. The van der Waals surface area contributed by atoms with Crippen LogP contribution in [0.25, 0.3) is 0 Å². The molecule has 50 valence electrons. The standard InChI is InChI=1S/C2H5N5O2/c3-1(8)6-7-2(9)5-4/h4H2,(H2,3,8)(H,5,9). The highest BCUT2D eigenvalue weighted by Gasteiger charge is 1.91. The average Bonchev–Trinajstić information content (AvgIpc) is 1.83. The first-order chi connectivity index (χ1) is 4.16. The summed E-state index contributed by atoms with van der Waals surface area (Å²) in [4.78, 5) is 19.8. The van der Waals surface area contributed by atoms with Crippen LogP contribution in [-0.2, 0) is 0 Å². The number of amides is 4. The number of hydrogen-bond donors (Lipinski definition) is 3. The molecule has 0 radical (unpaired) electrons. The Hall–Kier alpha value is -1.50. The zero-order valence-electron chi connectivity index (χ0n) is 4.37. The minimum Gasteiger partial charge on any atom is -0.348 e. The van der Waals surface area contributed by atoms with Crippen LogP contribution in [0.15, 0.2) is 10.2 Å². The Balaban J connectivity index is 3.71. The number of urea groups is 2. The topological polar surface area (TPSA) is 123 Å². The van der Waals surface area contributed by atoms with Gasteiger partial charge in [0.2, 0.25) is 0 Å². The summed E-state index contributed by atoms with van der Waals surface area (Å²) >= 11 is 0. The highest BCUT2D eigenvalue weighted by atomic mass is 16.2. The molecule has 0 aromatic carbocycles. The van der Waals surface area contributed by atoms with Crippen LogP contribution in [0.5, 0.6) is 0 Å². The van der Waals surface area contributed by atoms with Crippen molar-refractivity contribution < 1.29 is 9.59 Å². The van der Waals surface area contributed by atoms with E-state index in [1.807, 2.05) is 0 Å². The Morgan fingerprint density at radius 3 is 2.22 bits per heavy atom. The molecule has 0 spiro atoms. The van der Waals surface area contributed by atoms with E-state index in [2.05, 4.69) is 21.8 Å². The summed E-state index contributed by atoms with van der Waals surface area (Å²) in [7, 11) is 0. The van der Waals surface area contributed by atoms with Gasteiger partial charge in [0.25, 0.3) is 0 Å². The van der Waals surface area contributed by atoms with Crippen LogP contribution < -0.4 is 17.0 Å². The Bertz CT molecular complexity index is 151.